The van der Waals surface area contributed by atoms with E-state index in [9.17, 15) is 24.0 Å². The average molecular weight is 397 g/mol. The van der Waals surface area contributed by atoms with E-state index in [4.69, 9.17) is 5.11 Å². The van der Waals surface area contributed by atoms with Crippen LogP contribution in [0.2, 0.25) is 0 Å². The number of aromatic amines is 1. The van der Waals surface area contributed by atoms with Gasteiger partial charge in [-0.2, -0.15) is 0 Å². The minimum atomic E-state index is -1.51. The molecule has 29 heavy (non-hydrogen) atoms. The number of carboxylic acid groups (broad SMARTS) is 1. The van der Waals surface area contributed by atoms with Gasteiger partial charge in [-0.3, -0.25) is 24.0 Å². The van der Waals surface area contributed by atoms with Crippen molar-refractivity contribution in [3.8, 4) is 11.1 Å². The van der Waals surface area contributed by atoms with E-state index < -0.39 is 36.0 Å². The number of hydrogen-bond donors (Lipinski definition) is 3. The fourth-order valence-electron chi connectivity index (χ4n) is 3.11. The van der Waals surface area contributed by atoms with Gasteiger partial charge < -0.3 is 20.3 Å². The minimum absolute atomic E-state index is 0.0341. The van der Waals surface area contributed by atoms with Gasteiger partial charge in [-0.15, -0.1) is 0 Å². The molecule has 2 heterocycles. The van der Waals surface area contributed by atoms with Crippen LogP contribution in [0, 0.1) is 5.92 Å². The Hall–Kier alpha value is -3.75. The molecule has 3 N–H and O–H groups in total. The van der Waals surface area contributed by atoms with Crippen LogP contribution in [0.4, 0.5) is 0 Å². The standard InChI is InChI=1S/C20H19N3O6/c24-15-7-8-23(20(29)18(15)19(28)22-10-17(26)27)11-12-1-3-13(4-2-12)14-5-6-16(25)21-9-14/h1-6,9,18H,7-8,10-11H2,(H,21,25)(H,22,28)(H,26,27). The van der Waals surface area contributed by atoms with Crippen molar-refractivity contribution in [1.82, 2.24) is 15.2 Å². The molecule has 9 heteroatoms. The maximum absolute atomic E-state index is 12.6. The molecule has 2 aromatic rings. The number of amides is 2. The fourth-order valence-corrected chi connectivity index (χ4v) is 3.11. The Morgan fingerprint density at radius 3 is 2.38 bits per heavy atom. The molecular weight excluding hydrogens is 378 g/mol. The number of pyridine rings is 1. The maximum atomic E-state index is 12.6. The molecule has 1 fully saturated rings. The number of H-pyrrole nitrogens is 1. The number of likely N-dealkylation sites (tertiary alicyclic amines) is 1. The summed E-state index contributed by atoms with van der Waals surface area (Å²) in [5, 5.41) is 10.7. The van der Waals surface area contributed by atoms with Gasteiger partial charge in [-0.25, -0.2) is 0 Å². The molecule has 2 amide bonds. The Bertz CT molecular complexity index is 991. The second-order valence-corrected chi connectivity index (χ2v) is 6.66. The summed E-state index contributed by atoms with van der Waals surface area (Å²) < 4.78 is 0. The van der Waals surface area contributed by atoms with Crippen molar-refractivity contribution < 1.29 is 24.3 Å². The minimum Gasteiger partial charge on any atom is -0.480 e. The van der Waals surface area contributed by atoms with Gasteiger partial charge in [0.2, 0.25) is 17.4 Å². The number of nitrogens with zero attached hydrogens (tertiary/aromatic N) is 1. The second-order valence-electron chi connectivity index (χ2n) is 6.66. The summed E-state index contributed by atoms with van der Waals surface area (Å²) in [6.07, 6.45) is 1.64. The zero-order valence-electron chi connectivity index (χ0n) is 15.4. The van der Waals surface area contributed by atoms with Crippen LogP contribution in [-0.2, 0) is 25.7 Å². The van der Waals surface area contributed by atoms with E-state index in [0.29, 0.717) is 0 Å². The zero-order valence-corrected chi connectivity index (χ0v) is 15.4. The number of piperidine rings is 1. The Labute approximate surface area is 165 Å². The number of carbonyl (C=O) groups is 4. The van der Waals surface area contributed by atoms with Gasteiger partial charge in [-0.05, 0) is 22.8 Å². The molecule has 0 bridgehead atoms. The molecule has 1 aliphatic heterocycles. The van der Waals surface area contributed by atoms with E-state index in [1.807, 2.05) is 24.3 Å². The Morgan fingerprint density at radius 1 is 1.07 bits per heavy atom. The first-order valence-electron chi connectivity index (χ1n) is 8.94. The summed E-state index contributed by atoms with van der Waals surface area (Å²) in [6, 6.07) is 10.5. The van der Waals surface area contributed by atoms with E-state index in [-0.39, 0.29) is 25.1 Å². The third-order valence-corrected chi connectivity index (χ3v) is 4.63. The first-order valence-corrected chi connectivity index (χ1v) is 8.94. The van der Waals surface area contributed by atoms with E-state index in [0.717, 1.165) is 16.7 Å². The highest BCUT2D eigenvalue weighted by Gasteiger charge is 2.40. The molecule has 1 unspecified atom stereocenters. The van der Waals surface area contributed by atoms with E-state index in [1.54, 1.807) is 12.3 Å². The third kappa shape index (κ3) is 4.75. The molecule has 0 saturated carbocycles. The molecule has 0 aliphatic carbocycles. The summed E-state index contributed by atoms with van der Waals surface area (Å²) in [4.78, 5) is 62.5. The summed E-state index contributed by atoms with van der Waals surface area (Å²) in [7, 11) is 0. The Kier molecular flexibility index (Phi) is 5.87. The molecule has 1 aromatic heterocycles. The lowest BCUT2D eigenvalue weighted by Gasteiger charge is -2.30. The van der Waals surface area contributed by atoms with Crippen LogP contribution in [0.15, 0.2) is 47.4 Å². The van der Waals surface area contributed by atoms with Gasteiger partial charge in [0.05, 0.1) is 0 Å². The average Bonchev–Trinajstić information content (AvgIpc) is 2.70. The number of benzene rings is 1. The largest absolute Gasteiger partial charge is 0.480 e. The lowest BCUT2D eigenvalue weighted by Crippen LogP contribution is -2.52. The van der Waals surface area contributed by atoms with Crippen LogP contribution in [-0.4, -0.2) is 51.6 Å². The molecule has 1 saturated heterocycles. The van der Waals surface area contributed by atoms with Gasteiger partial charge >= 0.3 is 5.97 Å². The quantitative estimate of drug-likeness (QED) is 0.594. The molecule has 3 rings (SSSR count). The molecule has 1 aliphatic rings. The second kappa shape index (κ2) is 8.51. The zero-order chi connectivity index (χ0) is 21.0. The molecule has 0 radical (unpaired) electrons. The van der Waals surface area contributed by atoms with Crippen LogP contribution < -0.4 is 10.9 Å². The van der Waals surface area contributed by atoms with Gasteiger partial charge in [0.1, 0.15) is 6.54 Å². The number of ketones is 1. The summed E-state index contributed by atoms with van der Waals surface area (Å²) in [6.45, 7) is -0.231. The highest BCUT2D eigenvalue weighted by Crippen LogP contribution is 2.21. The Balaban J connectivity index is 1.69. The normalized spacial score (nSPS) is 16.6. The number of aromatic nitrogens is 1. The number of rotatable bonds is 6. The fraction of sp³-hybridized carbons (Fsp3) is 0.250. The monoisotopic (exact) mass is 397 g/mol. The van der Waals surface area contributed by atoms with Crippen molar-refractivity contribution in [2.24, 2.45) is 5.92 Å². The smallest absolute Gasteiger partial charge is 0.322 e. The lowest BCUT2D eigenvalue weighted by molar-refractivity contribution is -0.152. The molecular formula is C20H19N3O6. The molecule has 9 nitrogen and oxygen atoms in total. The predicted octanol–water partition coefficient (Wildman–Crippen LogP) is 0.160. The van der Waals surface area contributed by atoms with Crippen molar-refractivity contribution in [2.75, 3.05) is 13.1 Å². The maximum Gasteiger partial charge on any atom is 0.322 e. The van der Waals surface area contributed by atoms with Crippen molar-refractivity contribution in [1.29, 1.82) is 0 Å². The number of nitrogens with one attached hydrogen (secondary N) is 2. The number of carboxylic acids is 1. The molecule has 0 spiro atoms. The topological polar surface area (TPSA) is 137 Å². The molecule has 150 valence electrons. The van der Waals surface area contributed by atoms with Crippen LogP contribution in [0.3, 0.4) is 0 Å². The SMILES string of the molecule is O=C(O)CNC(=O)C1C(=O)CCN(Cc2ccc(-c3ccc(=O)[nH]c3)cc2)C1=O. The van der Waals surface area contributed by atoms with E-state index in [1.165, 1.54) is 11.0 Å². The van der Waals surface area contributed by atoms with Crippen molar-refractivity contribution in [2.45, 2.75) is 13.0 Å². The number of Topliss-reactive ketones (excluding diaryl/α,β-unsaturated/α-hetero) is 1. The van der Waals surface area contributed by atoms with Gasteiger partial charge in [-0.1, -0.05) is 24.3 Å². The molecule has 1 aromatic carbocycles. The number of carbonyl (C=O) groups excluding carboxylic acids is 3. The number of aliphatic carboxylic acids is 1. The van der Waals surface area contributed by atoms with Gasteiger partial charge in [0, 0.05) is 31.8 Å². The molecule has 1 atom stereocenters. The highest BCUT2D eigenvalue weighted by atomic mass is 16.4. The third-order valence-electron chi connectivity index (χ3n) is 4.63. The first kappa shape index (κ1) is 20.0. The van der Waals surface area contributed by atoms with Crippen LogP contribution in [0.5, 0.6) is 0 Å². The van der Waals surface area contributed by atoms with Crippen LogP contribution >= 0.6 is 0 Å². The Morgan fingerprint density at radius 2 is 1.76 bits per heavy atom. The highest BCUT2D eigenvalue weighted by molar-refractivity contribution is 6.19. The van der Waals surface area contributed by atoms with Crippen molar-refractivity contribution in [3.05, 3.63) is 58.5 Å². The van der Waals surface area contributed by atoms with Crippen molar-refractivity contribution in [3.63, 3.8) is 0 Å². The van der Waals surface area contributed by atoms with E-state index in [2.05, 4.69) is 10.3 Å². The predicted molar refractivity (Wildman–Crippen MR) is 102 cm³/mol. The van der Waals surface area contributed by atoms with E-state index >= 15 is 0 Å². The summed E-state index contributed by atoms with van der Waals surface area (Å²) >= 11 is 0. The first-order chi connectivity index (χ1) is 13.8. The van der Waals surface area contributed by atoms with Crippen LogP contribution in [0.1, 0.15) is 12.0 Å². The summed E-state index contributed by atoms with van der Waals surface area (Å²) in [5.41, 5.74) is 2.35. The van der Waals surface area contributed by atoms with Crippen LogP contribution in [0.25, 0.3) is 11.1 Å². The summed E-state index contributed by atoms with van der Waals surface area (Å²) in [5.74, 6) is -4.80. The van der Waals surface area contributed by atoms with Crippen molar-refractivity contribution >= 4 is 23.6 Å². The lowest BCUT2D eigenvalue weighted by atomic mass is 9.94. The van der Waals surface area contributed by atoms with Gasteiger partial charge in [0.25, 0.3) is 0 Å². The van der Waals surface area contributed by atoms with Gasteiger partial charge in [0.15, 0.2) is 11.7 Å². The number of hydrogen-bond acceptors (Lipinski definition) is 5.